The van der Waals surface area contributed by atoms with Crippen LogP contribution in [-0.2, 0) is 4.79 Å². The van der Waals surface area contributed by atoms with Crippen molar-refractivity contribution in [1.29, 1.82) is 0 Å². The molecule has 3 heteroatoms. The van der Waals surface area contributed by atoms with Gasteiger partial charge in [-0.05, 0) is 43.8 Å². The topological polar surface area (TPSA) is 29.1 Å². The molecule has 0 aromatic carbocycles. The normalized spacial score (nSPS) is 17.7. The molecule has 106 valence electrons. The van der Waals surface area contributed by atoms with Crippen LogP contribution in [-0.4, -0.2) is 17.2 Å². The molecule has 1 fully saturated rings. The maximum Gasteiger partial charge on any atom is 0.220 e. The Morgan fingerprint density at radius 1 is 1.22 bits per heavy atom. The van der Waals surface area contributed by atoms with Crippen molar-refractivity contribution in [2.45, 2.75) is 77.2 Å². The number of rotatable bonds is 7. The third-order valence-electron chi connectivity index (χ3n) is 4.60. The van der Waals surface area contributed by atoms with Crippen LogP contribution in [0.5, 0.6) is 0 Å². The summed E-state index contributed by atoms with van der Waals surface area (Å²) in [5, 5.41) is 3.36. The highest BCUT2D eigenvalue weighted by atomic mass is 32.1. The summed E-state index contributed by atoms with van der Waals surface area (Å²) in [7, 11) is 0. The molecular weight excluding hydrogens is 242 g/mol. The van der Waals surface area contributed by atoms with Crippen LogP contribution in [0.4, 0.5) is 0 Å². The van der Waals surface area contributed by atoms with Gasteiger partial charge < -0.3 is 5.32 Å². The summed E-state index contributed by atoms with van der Waals surface area (Å²) in [4.78, 5) is 12.0. The predicted molar refractivity (Wildman–Crippen MR) is 81.1 cm³/mol. The number of carbonyl (C=O) groups excluding carboxylic acids is 1. The molecule has 1 rings (SSSR count). The maximum atomic E-state index is 12.0. The Hall–Kier alpha value is -0.180. The van der Waals surface area contributed by atoms with E-state index in [2.05, 4.69) is 31.8 Å². The molecule has 1 N–H and O–H groups in total. The summed E-state index contributed by atoms with van der Waals surface area (Å²) >= 11 is 4.17. The van der Waals surface area contributed by atoms with E-state index in [1.807, 2.05) is 0 Å². The van der Waals surface area contributed by atoms with Crippen LogP contribution in [0.2, 0.25) is 0 Å². The van der Waals surface area contributed by atoms with Crippen molar-refractivity contribution in [2.75, 3.05) is 5.75 Å². The third-order valence-corrected chi connectivity index (χ3v) is 4.91. The van der Waals surface area contributed by atoms with Crippen LogP contribution in [0, 0.1) is 5.92 Å². The maximum absolute atomic E-state index is 12.0. The van der Waals surface area contributed by atoms with Gasteiger partial charge in [-0.1, -0.05) is 33.1 Å². The third kappa shape index (κ3) is 4.18. The van der Waals surface area contributed by atoms with Gasteiger partial charge in [0, 0.05) is 12.0 Å². The lowest BCUT2D eigenvalue weighted by molar-refractivity contribution is -0.124. The van der Waals surface area contributed by atoms with Gasteiger partial charge >= 0.3 is 0 Å². The largest absolute Gasteiger partial charge is 0.350 e. The first-order chi connectivity index (χ1) is 8.68. The molecule has 1 aliphatic rings. The molecule has 0 bridgehead atoms. The number of thiol groups is 1. The number of hydrogen-bond donors (Lipinski definition) is 2. The molecule has 0 aliphatic heterocycles. The molecule has 18 heavy (non-hydrogen) atoms. The molecular formula is C15H29NOS. The molecule has 1 aliphatic carbocycles. The van der Waals surface area contributed by atoms with Gasteiger partial charge in [0.25, 0.3) is 0 Å². The Morgan fingerprint density at radius 3 is 2.33 bits per heavy atom. The Kier molecular flexibility index (Phi) is 7.13. The van der Waals surface area contributed by atoms with E-state index in [1.165, 1.54) is 32.1 Å². The van der Waals surface area contributed by atoms with Gasteiger partial charge in [-0.2, -0.15) is 12.6 Å². The minimum atomic E-state index is 0.0497. The van der Waals surface area contributed by atoms with E-state index in [4.69, 9.17) is 0 Å². The lowest BCUT2D eigenvalue weighted by Gasteiger charge is -2.42. The highest BCUT2D eigenvalue weighted by Gasteiger charge is 2.37. The first-order valence-corrected chi connectivity index (χ1v) is 8.23. The number of amides is 1. The second-order valence-electron chi connectivity index (χ2n) is 5.57. The van der Waals surface area contributed by atoms with Gasteiger partial charge in [0.05, 0.1) is 0 Å². The van der Waals surface area contributed by atoms with E-state index >= 15 is 0 Å². The summed E-state index contributed by atoms with van der Waals surface area (Å²) in [6.45, 7) is 4.44. The van der Waals surface area contributed by atoms with Gasteiger partial charge in [0.15, 0.2) is 0 Å². The van der Waals surface area contributed by atoms with E-state index < -0.39 is 0 Å². The minimum Gasteiger partial charge on any atom is -0.350 e. The number of hydrogen-bond acceptors (Lipinski definition) is 2. The van der Waals surface area contributed by atoms with Crippen molar-refractivity contribution in [2.24, 2.45) is 5.92 Å². The van der Waals surface area contributed by atoms with Crippen LogP contribution >= 0.6 is 12.6 Å². The Labute approximate surface area is 118 Å². The van der Waals surface area contributed by atoms with Gasteiger partial charge in [0.2, 0.25) is 5.91 Å². The molecule has 0 saturated heterocycles. The van der Waals surface area contributed by atoms with Gasteiger partial charge in [0.1, 0.15) is 0 Å². The average Bonchev–Trinajstić information content (AvgIpc) is 2.43. The predicted octanol–water partition coefficient (Wildman–Crippen LogP) is 3.95. The first-order valence-electron chi connectivity index (χ1n) is 7.60. The molecule has 0 aromatic rings. The SMILES string of the molecule is CCC(CC)(NC(=O)CCCS)C1CCCCC1. The molecule has 1 amide bonds. The zero-order chi connectivity index (χ0) is 13.4. The summed E-state index contributed by atoms with van der Waals surface area (Å²) in [5.41, 5.74) is 0.0497. The van der Waals surface area contributed by atoms with Gasteiger partial charge in [-0.3, -0.25) is 4.79 Å². The first kappa shape index (κ1) is 15.9. The van der Waals surface area contributed by atoms with Crippen LogP contribution in [0.15, 0.2) is 0 Å². The molecule has 0 atom stereocenters. The van der Waals surface area contributed by atoms with E-state index in [0.717, 1.165) is 25.0 Å². The molecule has 0 spiro atoms. The van der Waals surface area contributed by atoms with Crippen molar-refractivity contribution in [3.8, 4) is 0 Å². The number of nitrogens with one attached hydrogen (secondary N) is 1. The van der Waals surface area contributed by atoms with Gasteiger partial charge in [-0.15, -0.1) is 0 Å². The van der Waals surface area contributed by atoms with Crippen LogP contribution in [0.25, 0.3) is 0 Å². The van der Waals surface area contributed by atoms with Crippen molar-refractivity contribution in [1.82, 2.24) is 5.32 Å². The van der Waals surface area contributed by atoms with Crippen LogP contribution in [0.3, 0.4) is 0 Å². The van der Waals surface area contributed by atoms with E-state index in [-0.39, 0.29) is 11.4 Å². The zero-order valence-corrected chi connectivity index (χ0v) is 12.9. The van der Waals surface area contributed by atoms with Crippen molar-refractivity contribution >= 4 is 18.5 Å². The Bertz CT molecular complexity index is 245. The zero-order valence-electron chi connectivity index (χ0n) is 12.0. The van der Waals surface area contributed by atoms with Crippen molar-refractivity contribution in [3.63, 3.8) is 0 Å². The lowest BCUT2D eigenvalue weighted by atomic mass is 9.71. The molecule has 1 saturated carbocycles. The van der Waals surface area contributed by atoms with Crippen molar-refractivity contribution < 1.29 is 4.79 Å². The molecule has 0 unspecified atom stereocenters. The Morgan fingerprint density at radius 2 is 1.83 bits per heavy atom. The number of carbonyl (C=O) groups is 1. The van der Waals surface area contributed by atoms with Crippen LogP contribution < -0.4 is 5.32 Å². The molecule has 0 aromatic heterocycles. The summed E-state index contributed by atoms with van der Waals surface area (Å²) in [6.07, 6.45) is 10.2. The van der Waals surface area contributed by atoms with E-state index in [0.29, 0.717) is 12.3 Å². The minimum absolute atomic E-state index is 0.0497. The molecule has 0 radical (unpaired) electrons. The summed E-state index contributed by atoms with van der Waals surface area (Å²) in [6, 6.07) is 0. The van der Waals surface area contributed by atoms with Gasteiger partial charge in [-0.25, -0.2) is 0 Å². The highest BCUT2D eigenvalue weighted by molar-refractivity contribution is 7.80. The second-order valence-corrected chi connectivity index (χ2v) is 6.02. The fraction of sp³-hybridized carbons (Fsp3) is 0.933. The summed E-state index contributed by atoms with van der Waals surface area (Å²) < 4.78 is 0. The van der Waals surface area contributed by atoms with E-state index in [9.17, 15) is 4.79 Å². The fourth-order valence-electron chi connectivity index (χ4n) is 3.34. The highest BCUT2D eigenvalue weighted by Crippen LogP contribution is 2.36. The monoisotopic (exact) mass is 271 g/mol. The fourth-order valence-corrected chi connectivity index (χ4v) is 3.50. The molecule has 0 heterocycles. The smallest absolute Gasteiger partial charge is 0.220 e. The quantitative estimate of drug-likeness (QED) is 0.674. The lowest BCUT2D eigenvalue weighted by Crippen LogP contribution is -2.53. The standard InChI is InChI=1S/C15H29NOS/c1-3-15(4-2,13-9-6-5-7-10-13)16-14(17)11-8-12-18/h13,18H,3-12H2,1-2H3,(H,16,17). The Balaban J connectivity index is 2.63. The average molecular weight is 271 g/mol. The van der Waals surface area contributed by atoms with Crippen molar-refractivity contribution in [3.05, 3.63) is 0 Å². The van der Waals surface area contributed by atoms with E-state index in [1.54, 1.807) is 0 Å². The second kappa shape index (κ2) is 8.08. The molecule has 2 nitrogen and oxygen atoms in total. The summed E-state index contributed by atoms with van der Waals surface area (Å²) in [5.74, 6) is 1.70. The van der Waals surface area contributed by atoms with Crippen LogP contribution in [0.1, 0.15) is 71.6 Å².